The Morgan fingerprint density at radius 1 is 1.58 bits per heavy atom. The normalized spacial score (nSPS) is 31.2. The van der Waals surface area contributed by atoms with E-state index in [2.05, 4.69) is 10.0 Å². The molecule has 0 amide bonds. The van der Waals surface area contributed by atoms with Gasteiger partial charge in [-0.1, -0.05) is 11.5 Å². The van der Waals surface area contributed by atoms with Crippen LogP contribution in [0.25, 0.3) is 10.4 Å². The van der Waals surface area contributed by atoms with Gasteiger partial charge >= 0.3 is 0 Å². The Kier molecular flexibility index (Phi) is 1.95. The van der Waals surface area contributed by atoms with Crippen LogP contribution in [0.1, 0.15) is 25.7 Å². The van der Waals surface area contributed by atoms with Gasteiger partial charge in [0.05, 0.1) is 19.3 Å². The molecule has 1 saturated carbocycles. The van der Waals surface area contributed by atoms with E-state index in [1.54, 1.807) is 0 Å². The third kappa shape index (κ3) is 1.28. The van der Waals surface area contributed by atoms with Crippen molar-refractivity contribution in [2.45, 2.75) is 31.8 Å². The van der Waals surface area contributed by atoms with Gasteiger partial charge < -0.3 is 4.74 Å². The fraction of sp³-hybridized carbons (Fsp3) is 1.00. The van der Waals surface area contributed by atoms with Gasteiger partial charge in [-0.25, -0.2) is 0 Å². The van der Waals surface area contributed by atoms with E-state index >= 15 is 0 Å². The number of rotatable bonds is 2. The van der Waals surface area contributed by atoms with Gasteiger partial charge in [-0.05, 0) is 30.2 Å². The van der Waals surface area contributed by atoms with Crippen LogP contribution in [0.3, 0.4) is 0 Å². The minimum Gasteiger partial charge on any atom is -0.377 e. The molecule has 1 atom stereocenters. The lowest BCUT2D eigenvalue weighted by molar-refractivity contribution is 0.0715. The molecular weight excluding hydrogens is 154 g/mol. The summed E-state index contributed by atoms with van der Waals surface area (Å²) in [6.07, 6.45) is 5.25. The zero-order chi connectivity index (χ0) is 8.44. The summed E-state index contributed by atoms with van der Waals surface area (Å²) < 4.78 is 5.55. The maximum atomic E-state index is 8.13. The Morgan fingerprint density at radius 2 is 2.42 bits per heavy atom. The Balaban J connectivity index is 1.85. The molecule has 0 radical (unpaired) electrons. The van der Waals surface area contributed by atoms with E-state index in [-0.39, 0.29) is 6.10 Å². The van der Waals surface area contributed by atoms with Crippen molar-refractivity contribution in [1.82, 2.24) is 0 Å². The molecule has 2 fully saturated rings. The van der Waals surface area contributed by atoms with Crippen LogP contribution >= 0.6 is 0 Å². The minimum atomic E-state index is 0.196. The largest absolute Gasteiger partial charge is 0.377 e. The molecule has 4 heteroatoms. The van der Waals surface area contributed by atoms with Crippen LogP contribution in [-0.2, 0) is 4.74 Å². The third-order valence-electron chi connectivity index (χ3n) is 3.05. The molecule has 12 heavy (non-hydrogen) atoms. The van der Waals surface area contributed by atoms with E-state index < -0.39 is 0 Å². The summed E-state index contributed by atoms with van der Waals surface area (Å²) in [5.41, 5.74) is 8.61. The molecule has 1 aliphatic heterocycles. The van der Waals surface area contributed by atoms with E-state index in [0.717, 1.165) is 13.0 Å². The van der Waals surface area contributed by atoms with Gasteiger partial charge in [-0.2, -0.15) is 0 Å². The van der Waals surface area contributed by atoms with Crippen LogP contribution in [-0.4, -0.2) is 19.3 Å². The topological polar surface area (TPSA) is 58.0 Å². The lowest BCUT2D eigenvalue weighted by atomic mass is 9.68. The van der Waals surface area contributed by atoms with Crippen molar-refractivity contribution in [3.63, 3.8) is 0 Å². The molecule has 4 nitrogen and oxygen atoms in total. The van der Waals surface area contributed by atoms with Crippen molar-refractivity contribution in [2.75, 3.05) is 13.2 Å². The van der Waals surface area contributed by atoms with Crippen molar-refractivity contribution in [1.29, 1.82) is 0 Å². The van der Waals surface area contributed by atoms with E-state index in [9.17, 15) is 0 Å². The Labute approximate surface area is 71.5 Å². The second-order valence-corrected chi connectivity index (χ2v) is 3.90. The van der Waals surface area contributed by atoms with Crippen LogP contribution in [0, 0.1) is 5.41 Å². The second kappa shape index (κ2) is 2.96. The van der Waals surface area contributed by atoms with Crippen molar-refractivity contribution in [2.24, 2.45) is 10.5 Å². The molecule has 2 rings (SSSR count). The Hall–Kier alpha value is -0.730. The van der Waals surface area contributed by atoms with Crippen molar-refractivity contribution in [3.05, 3.63) is 10.4 Å². The highest BCUT2D eigenvalue weighted by Crippen LogP contribution is 2.49. The zero-order valence-electron chi connectivity index (χ0n) is 7.07. The lowest BCUT2D eigenvalue weighted by Crippen LogP contribution is -2.29. The quantitative estimate of drug-likeness (QED) is 0.353. The van der Waals surface area contributed by atoms with Gasteiger partial charge in [0.1, 0.15) is 0 Å². The minimum absolute atomic E-state index is 0.196. The maximum Gasteiger partial charge on any atom is 0.0637 e. The number of hydrogen-bond acceptors (Lipinski definition) is 2. The molecule has 2 aliphatic rings. The molecule has 0 aromatic heterocycles. The smallest absolute Gasteiger partial charge is 0.0637 e. The first-order chi connectivity index (χ1) is 5.85. The van der Waals surface area contributed by atoms with Crippen LogP contribution in [0.15, 0.2) is 5.11 Å². The Morgan fingerprint density at radius 3 is 2.92 bits per heavy atom. The molecule has 0 aromatic rings. The van der Waals surface area contributed by atoms with E-state index in [1.807, 2.05) is 0 Å². The standard InChI is InChI=1S/C8H13N3O/c9-11-10-5-7-4-8(6-12-7)2-1-3-8/h7H,1-6H2/t7-/m0/s1. The fourth-order valence-electron chi connectivity index (χ4n) is 2.17. The first-order valence-corrected chi connectivity index (χ1v) is 4.47. The molecule has 0 aromatic carbocycles. The van der Waals surface area contributed by atoms with Crippen LogP contribution in [0.5, 0.6) is 0 Å². The van der Waals surface area contributed by atoms with E-state index in [1.165, 1.54) is 19.3 Å². The molecular formula is C8H13N3O. The zero-order valence-corrected chi connectivity index (χ0v) is 7.07. The predicted octanol–water partition coefficient (Wildman–Crippen LogP) is 2.26. The molecule has 66 valence electrons. The summed E-state index contributed by atoms with van der Waals surface area (Å²) >= 11 is 0. The number of hydrogen-bond donors (Lipinski definition) is 0. The third-order valence-corrected chi connectivity index (χ3v) is 3.05. The highest BCUT2D eigenvalue weighted by atomic mass is 16.5. The van der Waals surface area contributed by atoms with Crippen LogP contribution < -0.4 is 0 Å². The van der Waals surface area contributed by atoms with Crippen LogP contribution in [0.4, 0.5) is 0 Å². The van der Waals surface area contributed by atoms with Crippen LogP contribution in [0.2, 0.25) is 0 Å². The first-order valence-electron chi connectivity index (χ1n) is 4.47. The summed E-state index contributed by atoms with van der Waals surface area (Å²) in [6.45, 7) is 1.40. The highest BCUT2D eigenvalue weighted by Gasteiger charge is 2.44. The monoisotopic (exact) mass is 167 g/mol. The fourth-order valence-corrected chi connectivity index (χ4v) is 2.17. The summed E-state index contributed by atoms with van der Waals surface area (Å²) in [6, 6.07) is 0. The number of nitrogens with zero attached hydrogens (tertiary/aromatic N) is 3. The summed E-state index contributed by atoms with van der Waals surface area (Å²) in [7, 11) is 0. The summed E-state index contributed by atoms with van der Waals surface area (Å²) in [5, 5.41) is 3.53. The SMILES string of the molecule is [N-]=[N+]=NC[C@@H]1CC2(CCC2)CO1. The molecule has 0 bridgehead atoms. The van der Waals surface area contributed by atoms with Gasteiger partial charge in [0.2, 0.25) is 0 Å². The first kappa shape index (κ1) is 7.90. The van der Waals surface area contributed by atoms with Crippen molar-refractivity contribution in [3.8, 4) is 0 Å². The molecule has 0 unspecified atom stereocenters. The molecule has 1 aliphatic carbocycles. The van der Waals surface area contributed by atoms with Gasteiger partial charge in [0.25, 0.3) is 0 Å². The van der Waals surface area contributed by atoms with Crippen molar-refractivity contribution >= 4 is 0 Å². The molecule has 1 saturated heterocycles. The van der Waals surface area contributed by atoms with Gasteiger partial charge in [-0.3, -0.25) is 0 Å². The van der Waals surface area contributed by atoms with E-state index in [4.69, 9.17) is 10.3 Å². The van der Waals surface area contributed by atoms with Crippen molar-refractivity contribution < 1.29 is 4.74 Å². The molecule has 1 spiro atoms. The van der Waals surface area contributed by atoms with Gasteiger partial charge in [-0.15, -0.1) is 0 Å². The van der Waals surface area contributed by atoms with Gasteiger partial charge in [0.15, 0.2) is 0 Å². The highest BCUT2D eigenvalue weighted by molar-refractivity contribution is 4.94. The number of ether oxygens (including phenoxy) is 1. The number of azide groups is 1. The lowest BCUT2D eigenvalue weighted by Gasteiger charge is -2.36. The van der Waals surface area contributed by atoms with Gasteiger partial charge in [0, 0.05) is 4.91 Å². The molecule has 1 heterocycles. The predicted molar refractivity (Wildman–Crippen MR) is 44.7 cm³/mol. The maximum absolute atomic E-state index is 8.13. The second-order valence-electron chi connectivity index (χ2n) is 3.90. The average Bonchev–Trinajstić information content (AvgIpc) is 2.44. The van der Waals surface area contributed by atoms with E-state index in [0.29, 0.717) is 12.0 Å². The average molecular weight is 167 g/mol. The summed E-state index contributed by atoms with van der Waals surface area (Å²) in [4.78, 5) is 2.74. The summed E-state index contributed by atoms with van der Waals surface area (Å²) in [5.74, 6) is 0. The Bertz CT molecular complexity index is 218. The molecule has 0 N–H and O–H groups in total.